The predicted molar refractivity (Wildman–Crippen MR) is 91.5 cm³/mol. The fraction of sp³-hybridized carbons (Fsp3) is 0.474. The third-order valence-corrected chi connectivity index (χ3v) is 5.14. The van der Waals surface area contributed by atoms with E-state index >= 15 is 0 Å². The maximum absolute atomic E-state index is 12.9. The maximum Gasteiger partial charge on any atom is 0.255 e. The average Bonchev–Trinajstić information content (AvgIpc) is 3.26. The summed E-state index contributed by atoms with van der Waals surface area (Å²) in [7, 11) is 0. The lowest BCUT2D eigenvalue weighted by molar-refractivity contribution is 0.0708. The van der Waals surface area contributed by atoms with Crippen LogP contribution in [0, 0.1) is 0 Å². The first-order valence-corrected chi connectivity index (χ1v) is 8.69. The largest absolute Gasteiger partial charge is 0.334 e. The minimum atomic E-state index is 0.143. The SMILES string of the molecule is O=C(c1cnc2ccccc2c1)N1CCC[C@H]1CN1CCCC1. The van der Waals surface area contributed by atoms with Gasteiger partial charge in [0.25, 0.3) is 5.91 Å². The van der Waals surface area contributed by atoms with E-state index in [1.165, 1.54) is 25.9 Å². The van der Waals surface area contributed by atoms with E-state index in [0.717, 1.165) is 42.4 Å². The van der Waals surface area contributed by atoms with Crippen molar-refractivity contribution < 1.29 is 4.79 Å². The fourth-order valence-electron chi connectivity index (χ4n) is 3.91. The summed E-state index contributed by atoms with van der Waals surface area (Å²) in [5.74, 6) is 0.143. The Balaban J connectivity index is 1.53. The number of benzene rings is 1. The smallest absolute Gasteiger partial charge is 0.255 e. The Kier molecular flexibility index (Phi) is 4.00. The number of rotatable bonds is 3. The third-order valence-electron chi connectivity index (χ3n) is 5.14. The monoisotopic (exact) mass is 309 g/mol. The molecule has 2 aliphatic rings. The van der Waals surface area contributed by atoms with Crippen molar-refractivity contribution in [2.24, 2.45) is 0 Å². The molecule has 120 valence electrons. The maximum atomic E-state index is 12.9. The molecule has 0 saturated carbocycles. The van der Waals surface area contributed by atoms with E-state index in [1.807, 2.05) is 30.3 Å². The molecule has 4 heteroatoms. The summed E-state index contributed by atoms with van der Waals surface area (Å²) < 4.78 is 0. The van der Waals surface area contributed by atoms with Gasteiger partial charge in [0.15, 0.2) is 0 Å². The first kappa shape index (κ1) is 14.6. The van der Waals surface area contributed by atoms with Crippen LogP contribution >= 0.6 is 0 Å². The second kappa shape index (κ2) is 6.28. The summed E-state index contributed by atoms with van der Waals surface area (Å²) in [6.07, 6.45) is 6.58. The van der Waals surface area contributed by atoms with Crippen molar-refractivity contribution in [3.05, 3.63) is 42.1 Å². The Morgan fingerprint density at radius 2 is 1.96 bits per heavy atom. The van der Waals surface area contributed by atoms with Gasteiger partial charge in [-0.3, -0.25) is 9.78 Å². The van der Waals surface area contributed by atoms with Gasteiger partial charge in [-0.2, -0.15) is 0 Å². The lowest BCUT2D eigenvalue weighted by Crippen LogP contribution is -2.42. The highest BCUT2D eigenvalue weighted by molar-refractivity contribution is 5.97. The molecule has 0 aliphatic carbocycles. The molecule has 2 aromatic rings. The molecule has 2 saturated heterocycles. The molecule has 0 radical (unpaired) electrons. The lowest BCUT2D eigenvalue weighted by Gasteiger charge is -2.28. The van der Waals surface area contributed by atoms with Gasteiger partial charge in [0.2, 0.25) is 0 Å². The van der Waals surface area contributed by atoms with Gasteiger partial charge < -0.3 is 9.80 Å². The van der Waals surface area contributed by atoms with Crippen LogP contribution < -0.4 is 0 Å². The first-order chi connectivity index (χ1) is 11.3. The molecule has 0 bridgehead atoms. The molecule has 1 atom stereocenters. The Bertz CT molecular complexity index is 709. The second-order valence-corrected chi connectivity index (χ2v) is 6.72. The lowest BCUT2D eigenvalue weighted by atomic mass is 10.1. The molecular weight excluding hydrogens is 286 g/mol. The van der Waals surface area contributed by atoms with Crippen molar-refractivity contribution in [2.75, 3.05) is 26.2 Å². The van der Waals surface area contributed by atoms with Crippen molar-refractivity contribution in [3.63, 3.8) is 0 Å². The van der Waals surface area contributed by atoms with E-state index in [0.29, 0.717) is 6.04 Å². The number of pyridine rings is 1. The molecule has 2 fully saturated rings. The Morgan fingerprint density at radius 1 is 1.13 bits per heavy atom. The van der Waals surface area contributed by atoms with Crippen LogP contribution in [0.2, 0.25) is 0 Å². The van der Waals surface area contributed by atoms with Crippen molar-refractivity contribution in [1.82, 2.24) is 14.8 Å². The molecule has 4 nitrogen and oxygen atoms in total. The number of nitrogens with zero attached hydrogens (tertiary/aromatic N) is 3. The number of carbonyl (C=O) groups excluding carboxylic acids is 1. The number of hydrogen-bond acceptors (Lipinski definition) is 3. The number of fused-ring (bicyclic) bond motifs is 1. The Morgan fingerprint density at radius 3 is 2.83 bits per heavy atom. The van der Waals surface area contributed by atoms with E-state index in [2.05, 4.69) is 14.8 Å². The van der Waals surface area contributed by atoms with Gasteiger partial charge in [0, 0.05) is 30.7 Å². The summed E-state index contributed by atoms with van der Waals surface area (Å²) in [6.45, 7) is 4.29. The fourth-order valence-corrected chi connectivity index (χ4v) is 3.91. The zero-order valence-electron chi connectivity index (χ0n) is 13.4. The van der Waals surface area contributed by atoms with Gasteiger partial charge in [-0.1, -0.05) is 18.2 Å². The molecule has 4 rings (SSSR count). The van der Waals surface area contributed by atoms with Crippen molar-refractivity contribution in [2.45, 2.75) is 31.7 Å². The first-order valence-electron chi connectivity index (χ1n) is 8.69. The molecule has 23 heavy (non-hydrogen) atoms. The highest BCUT2D eigenvalue weighted by atomic mass is 16.2. The average molecular weight is 309 g/mol. The van der Waals surface area contributed by atoms with E-state index in [1.54, 1.807) is 6.20 Å². The van der Waals surface area contributed by atoms with Crippen LogP contribution in [-0.2, 0) is 0 Å². The van der Waals surface area contributed by atoms with Crippen molar-refractivity contribution in [3.8, 4) is 0 Å². The van der Waals surface area contributed by atoms with Gasteiger partial charge in [0.05, 0.1) is 11.1 Å². The molecule has 2 aliphatic heterocycles. The third kappa shape index (κ3) is 2.95. The van der Waals surface area contributed by atoms with Crippen LogP contribution in [-0.4, -0.2) is 52.9 Å². The van der Waals surface area contributed by atoms with E-state index in [4.69, 9.17) is 0 Å². The number of carbonyl (C=O) groups is 1. The summed E-state index contributed by atoms with van der Waals surface area (Å²) >= 11 is 0. The number of hydrogen-bond donors (Lipinski definition) is 0. The second-order valence-electron chi connectivity index (χ2n) is 6.72. The summed E-state index contributed by atoms with van der Waals surface area (Å²) in [4.78, 5) is 22.0. The van der Waals surface area contributed by atoms with Gasteiger partial charge in [-0.05, 0) is 50.9 Å². The van der Waals surface area contributed by atoms with Gasteiger partial charge in [-0.15, -0.1) is 0 Å². The Hall–Kier alpha value is -1.94. The van der Waals surface area contributed by atoms with Crippen LogP contribution in [0.25, 0.3) is 10.9 Å². The molecule has 0 spiro atoms. The van der Waals surface area contributed by atoms with Crippen LogP contribution in [0.3, 0.4) is 0 Å². The molecule has 1 amide bonds. The zero-order chi connectivity index (χ0) is 15.6. The molecule has 1 aromatic carbocycles. The van der Waals surface area contributed by atoms with E-state index < -0.39 is 0 Å². The number of aromatic nitrogens is 1. The molecule has 0 N–H and O–H groups in total. The number of likely N-dealkylation sites (tertiary alicyclic amines) is 2. The number of amides is 1. The highest BCUT2D eigenvalue weighted by Crippen LogP contribution is 2.23. The highest BCUT2D eigenvalue weighted by Gasteiger charge is 2.31. The summed E-state index contributed by atoms with van der Waals surface area (Å²) in [6, 6.07) is 10.3. The van der Waals surface area contributed by atoms with E-state index in [9.17, 15) is 4.79 Å². The van der Waals surface area contributed by atoms with Crippen LogP contribution in [0.4, 0.5) is 0 Å². The van der Waals surface area contributed by atoms with Crippen LogP contribution in [0.15, 0.2) is 36.5 Å². The Labute approximate surface area is 137 Å². The van der Waals surface area contributed by atoms with Crippen molar-refractivity contribution >= 4 is 16.8 Å². The minimum Gasteiger partial charge on any atom is -0.334 e. The quantitative estimate of drug-likeness (QED) is 0.874. The van der Waals surface area contributed by atoms with Crippen LogP contribution in [0.1, 0.15) is 36.0 Å². The zero-order valence-corrected chi connectivity index (χ0v) is 13.4. The molecule has 3 heterocycles. The van der Waals surface area contributed by atoms with Gasteiger partial charge in [-0.25, -0.2) is 0 Å². The summed E-state index contributed by atoms with van der Waals surface area (Å²) in [5, 5.41) is 1.04. The molecule has 0 unspecified atom stereocenters. The minimum absolute atomic E-state index is 0.143. The predicted octanol–water partition coefficient (Wildman–Crippen LogP) is 2.94. The van der Waals surface area contributed by atoms with Gasteiger partial charge in [0.1, 0.15) is 0 Å². The normalized spacial score (nSPS) is 22.1. The molecule has 1 aromatic heterocycles. The van der Waals surface area contributed by atoms with Crippen molar-refractivity contribution in [1.29, 1.82) is 0 Å². The number of para-hydroxylation sites is 1. The summed E-state index contributed by atoms with van der Waals surface area (Å²) in [5.41, 5.74) is 1.66. The van der Waals surface area contributed by atoms with E-state index in [-0.39, 0.29) is 5.91 Å². The topological polar surface area (TPSA) is 36.4 Å². The van der Waals surface area contributed by atoms with Crippen LogP contribution in [0.5, 0.6) is 0 Å². The standard InChI is InChI=1S/C19H23N3O/c23-19(16-12-15-6-1-2-8-18(15)20-13-16)22-11-5-7-17(22)14-21-9-3-4-10-21/h1-2,6,8,12-13,17H,3-5,7,9-11,14H2/t17-/m0/s1. The van der Waals surface area contributed by atoms with Gasteiger partial charge >= 0.3 is 0 Å². The molecular formula is C19H23N3O.